The molecule has 128 valence electrons. The van der Waals surface area contributed by atoms with Crippen LogP contribution in [0.1, 0.15) is 63.5 Å². The number of hydrogen-bond acceptors (Lipinski definition) is 5. The second kappa shape index (κ2) is 14.5. The molecule has 0 fully saturated rings. The van der Waals surface area contributed by atoms with Crippen molar-refractivity contribution in [2.24, 2.45) is 0 Å². The van der Waals surface area contributed by atoms with Crippen molar-refractivity contribution in [2.75, 3.05) is 6.61 Å². The zero-order chi connectivity index (χ0) is 16.9. The van der Waals surface area contributed by atoms with Crippen molar-refractivity contribution in [1.82, 2.24) is 4.98 Å². The fraction of sp³-hybridized carbons (Fsp3) is 0.556. The van der Waals surface area contributed by atoms with E-state index in [1.165, 1.54) is 0 Å². The van der Waals surface area contributed by atoms with Crippen LogP contribution in [0, 0.1) is 0 Å². The third-order valence-corrected chi connectivity index (χ3v) is 3.42. The summed E-state index contributed by atoms with van der Waals surface area (Å²) < 4.78 is 5.66. The number of aliphatic hydroxyl groups excluding tert-OH is 1. The number of aliphatic carboxylic acids is 1. The van der Waals surface area contributed by atoms with E-state index in [9.17, 15) is 15.0 Å². The first kappa shape index (κ1) is 23.1. The molecule has 0 saturated carbocycles. The standard InChI is InChI=1S/C18H27NO4.Na/c1-2-3-8-14-23-18-15(10-9-13-19-18)16(20)11-6-4-5-7-12-17(21)22;/h4,6,9-10,13,16,20H,2-3,5,7-8,11-12,14H2,1H3,(H,21,22);/q;+1/p-1/b6-4-;. The number of aromatic nitrogens is 1. The van der Waals surface area contributed by atoms with Crippen LogP contribution in [0.3, 0.4) is 0 Å². The molecular formula is C18H26NNaO4. The molecule has 0 aliphatic heterocycles. The fourth-order valence-corrected chi connectivity index (χ4v) is 2.13. The zero-order valence-electron chi connectivity index (χ0n) is 14.7. The van der Waals surface area contributed by atoms with Gasteiger partial charge in [-0.15, -0.1) is 0 Å². The summed E-state index contributed by atoms with van der Waals surface area (Å²) in [5.74, 6) is -0.542. The van der Waals surface area contributed by atoms with Crippen LogP contribution < -0.4 is 39.4 Å². The summed E-state index contributed by atoms with van der Waals surface area (Å²) in [5, 5.41) is 20.6. The van der Waals surface area contributed by atoms with E-state index in [1.54, 1.807) is 12.3 Å². The van der Waals surface area contributed by atoms with Gasteiger partial charge in [0.1, 0.15) is 0 Å². The number of nitrogens with zero attached hydrogens (tertiary/aromatic N) is 1. The van der Waals surface area contributed by atoms with Crippen LogP contribution >= 0.6 is 0 Å². The van der Waals surface area contributed by atoms with E-state index in [4.69, 9.17) is 4.74 Å². The molecule has 24 heavy (non-hydrogen) atoms. The third kappa shape index (κ3) is 10.1. The van der Waals surface area contributed by atoms with Gasteiger partial charge in [0.25, 0.3) is 0 Å². The van der Waals surface area contributed by atoms with Gasteiger partial charge in [0.15, 0.2) is 0 Å². The molecule has 0 amide bonds. The zero-order valence-corrected chi connectivity index (χ0v) is 16.7. The second-order valence-electron chi connectivity index (χ2n) is 5.44. The first-order chi connectivity index (χ1) is 11.1. The van der Waals surface area contributed by atoms with E-state index >= 15 is 0 Å². The summed E-state index contributed by atoms with van der Waals surface area (Å²) in [7, 11) is 0. The minimum absolute atomic E-state index is 0. The molecular weight excluding hydrogens is 317 g/mol. The molecule has 1 rings (SSSR count). The predicted molar refractivity (Wildman–Crippen MR) is 86.8 cm³/mol. The summed E-state index contributed by atoms with van der Waals surface area (Å²) in [6, 6.07) is 3.60. The number of hydrogen-bond donors (Lipinski definition) is 1. The van der Waals surface area contributed by atoms with Gasteiger partial charge in [-0.05, 0) is 44.2 Å². The van der Waals surface area contributed by atoms with Crippen molar-refractivity contribution >= 4 is 5.97 Å². The largest absolute Gasteiger partial charge is 1.00 e. The van der Waals surface area contributed by atoms with Crippen LogP contribution in [0.4, 0.5) is 0 Å². The average molecular weight is 343 g/mol. The summed E-state index contributed by atoms with van der Waals surface area (Å²) in [6.07, 6.45) is 9.64. The van der Waals surface area contributed by atoms with Gasteiger partial charge in [-0.3, -0.25) is 0 Å². The van der Waals surface area contributed by atoms with Gasteiger partial charge < -0.3 is 19.7 Å². The Morgan fingerprint density at radius 3 is 2.88 bits per heavy atom. The Kier molecular flexibility index (Phi) is 13.9. The van der Waals surface area contributed by atoms with E-state index in [2.05, 4.69) is 11.9 Å². The Bertz CT molecular complexity index is 494. The quantitative estimate of drug-likeness (QED) is 0.316. The average Bonchev–Trinajstić information content (AvgIpc) is 2.54. The minimum atomic E-state index is -1.03. The van der Waals surface area contributed by atoms with Gasteiger partial charge in [0.2, 0.25) is 5.88 Å². The number of carboxylic acid groups (broad SMARTS) is 1. The van der Waals surface area contributed by atoms with Crippen molar-refractivity contribution in [2.45, 2.75) is 58.0 Å². The van der Waals surface area contributed by atoms with E-state index in [0.29, 0.717) is 37.3 Å². The molecule has 1 heterocycles. The smallest absolute Gasteiger partial charge is 0.550 e. The number of rotatable bonds is 12. The van der Waals surface area contributed by atoms with Gasteiger partial charge in [-0.25, -0.2) is 4.98 Å². The topological polar surface area (TPSA) is 82.5 Å². The van der Waals surface area contributed by atoms with Crippen molar-refractivity contribution in [3.63, 3.8) is 0 Å². The van der Waals surface area contributed by atoms with Crippen molar-refractivity contribution in [3.8, 4) is 5.88 Å². The molecule has 1 unspecified atom stereocenters. The Morgan fingerprint density at radius 2 is 2.17 bits per heavy atom. The van der Waals surface area contributed by atoms with Crippen LogP contribution in [0.2, 0.25) is 0 Å². The van der Waals surface area contributed by atoms with Crippen molar-refractivity contribution in [1.29, 1.82) is 0 Å². The minimum Gasteiger partial charge on any atom is -0.550 e. The van der Waals surface area contributed by atoms with Crippen LogP contribution in [0.25, 0.3) is 0 Å². The monoisotopic (exact) mass is 343 g/mol. The normalized spacial score (nSPS) is 11.9. The number of ether oxygens (including phenoxy) is 1. The second-order valence-corrected chi connectivity index (χ2v) is 5.44. The predicted octanol–water partition coefficient (Wildman–Crippen LogP) is -0.445. The van der Waals surface area contributed by atoms with Crippen LogP contribution in [0.15, 0.2) is 30.5 Å². The molecule has 6 heteroatoms. The number of carbonyl (C=O) groups excluding carboxylic acids is 1. The maximum absolute atomic E-state index is 10.3. The Morgan fingerprint density at radius 1 is 1.38 bits per heavy atom. The van der Waals surface area contributed by atoms with Gasteiger partial charge in [0.05, 0.1) is 12.7 Å². The Labute approximate surface area is 166 Å². The molecule has 0 bridgehead atoms. The first-order valence-electron chi connectivity index (χ1n) is 8.25. The summed E-state index contributed by atoms with van der Waals surface area (Å²) in [4.78, 5) is 14.5. The SMILES string of the molecule is CCCCCOc1ncccc1C(O)C/C=C\CCCC(=O)[O-].[Na+]. The van der Waals surface area contributed by atoms with Crippen LogP contribution in [0.5, 0.6) is 5.88 Å². The van der Waals surface area contributed by atoms with Gasteiger partial charge in [-0.1, -0.05) is 31.9 Å². The van der Waals surface area contributed by atoms with Crippen molar-refractivity contribution < 1.29 is 49.3 Å². The van der Waals surface area contributed by atoms with E-state index in [1.807, 2.05) is 18.2 Å². The number of pyridine rings is 1. The molecule has 1 aromatic heterocycles. The van der Waals surface area contributed by atoms with Crippen LogP contribution in [-0.4, -0.2) is 22.7 Å². The maximum Gasteiger partial charge on any atom is 1.00 e. The number of carboxylic acids is 1. The number of aliphatic hydroxyl groups is 1. The van der Waals surface area contributed by atoms with E-state index < -0.39 is 12.1 Å². The van der Waals surface area contributed by atoms with Crippen molar-refractivity contribution in [3.05, 3.63) is 36.0 Å². The first-order valence-corrected chi connectivity index (χ1v) is 8.25. The molecule has 0 saturated heterocycles. The number of allylic oxidation sites excluding steroid dienone is 1. The van der Waals surface area contributed by atoms with E-state index in [0.717, 1.165) is 19.3 Å². The molecule has 5 nitrogen and oxygen atoms in total. The number of unbranched alkanes of at least 4 members (excludes halogenated alkanes) is 3. The van der Waals surface area contributed by atoms with Crippen LogP contribution in [-0.2, 0) is 4.79 Å². The molecule has 1 aromatic rings. The summed E-state index contributed by atoms with van der Waals surface area (Å²) in [6.45, 7) is 2.74. The third-order valence-electron chi connectivity index (χ3n) is 3.42. The molecule has 0 radical (unpaired) electrons. The van der Waals surface area contributed by atoms with E-state index in [-0.39, 0.29) is 36.0 Å². The summed E-state index contributed by atoms with van der Waals surface area (Å²) in [5.41, 5.74) is 0.684. The molecule has 0 aliphatic carbocycles. The molecule has 1 N–H and O–H groups in total. The van der Waals surface area contributed by atoms with Gasteiger partial charge >= 0.3 is 29.6 Å². The molecule has 0 aliphatic rings. The molecule has 1 atom stereocenters. The molecule has 0 aromatic carbocycles. The Balaban J connectivity index is 0.00000529. The number of carbonyl (C=O) groups is 1. The maximum atomic E-state index is 10.3. The van der Waals surface area contributed by atoms with Gasteiger partial charge in [-0.2, -0.15) is 0 Å². The summed E-state index contributed by atoms with van der Waals surface area (Å²) >= 11 is 0. The molecule has 0 spiro atoms. The Hall–Kier alpha value is -0.880. The van der Waals surface area contributed by atoms with Gasteiger partial charge in [0, 0.05) is 17.7 Å². The fourth-order valence-electron chi connectivity index (χ4n) is 2.13.